The van der Waals surface area contributed by atoms with Crippen molar-refractivity contribution in [3.63, 3.8) is 0 Å². The Morgan fingerprint density at radius 1 is 1.11 bits per heavy atom. The molecule has 1 atom stereocenters. The fourth-order valence-electron chi connectivity index (χ4n) is 4.34. The second kappa shape index (κ2) is 9.65. The number of carbonyl (C=O) groups is 2. The Labute approximate surface area is 212 Å². The summed E-state index contributed by atoms with van der Waals surface area (Å²) in [5, 5.41) is 0.0804. The number of fused-ring (bicyclic) bond motifs is 2. The first-order valence-corrected chi connectivity index (χ1v) is 13.1. The van der Waals surface area contributed by atoms with Crippen LogP contribution in [0.5, 0.6) is 0 Å². The van der Waals surface area contributed by atoms with E-state index >= 15 is 0 Å². The summed E-state index contributed by atoms with van der Waals surface area (Å²) in [7, 11) is -4.11. The summed E-state index contributed by atoms with van der Waals surface area (Å²) in [6, 6.07) is 13.6. The summed E-state index contributed by atoms with van der Waals surface area (Å²) in [5.74, 6) is -1.81. The van der Waals surface area contributed by atoms with Crippen molar-refractivity contribution in [2.45, 2.75) is 35.3 Å². The molecule has 3 aromatic rings. The third-order valence-corrected chi connectivity index (χ3v) is 8.41. The van der Waals surface area contributed by atoms with Crippen LogP contribution in [0.25, 0.3) is 0 Å². The van der Waals surface area contributed by atoms with Crippen molar-refractivity contribution < 1.29 is 31.9 Å². The van der Waals surface area contributed by atoms with Crippen LogP contribution in [-0.4, -0.2) is 39.6 Å². The average molecular weight is 530 g/mol. The Kier molecular flexibility index (Phi) is 6.55. The number of esters is 1. The highest BCUT2D eigenvalue weighted by atomic mass is 35.5. The predicted octanol–water partition coefficient (Wildman–Crippen LogP) is 4.81. The summed E-state index contributed by atoms with van der Waals surface area (Å²) in [5.41, 5.74) is 0.467. The van der Waals surface area contributed by atoms with Gasteiger partial charge < -0.3 is 14.4 Å². The van der Waals surface area contributed by atoms with E-state index in [4.69, 9.17) is 21.1 Å². The number of benzene rings is 3. The first-order chi connectivity index (χ1) is 17.3. The fourth-order valence-corrected chi connectivity index (χ4v) is 6.20. The van der Waals surface area contributed by atoms with Crippen molar-refractivity contribution in [1.29, 1.82) is 0 Å². The van der Waals surface area contributed by atoms with Crippen LogP contribution in [-0.2, 0) is 25.9 Å². The molecule has 5 rings (SSSR count). The van der Waals surface area contributed by atoms with E-state index in [1.807, 2.05) is 0 Å². The van der Waals surface area contributed by atoms with Gasteiger partial charge in [0.1, 0.15) is 12.4 Å². The number of nitrogens with zero attached hydrogens (tertiary/aromatic N) is 1. The molecule has 36 heavy (non-hydrogen) atoms. The van der Waals surface area contributed by atoms with Gasteiger partial charge in [0.2, 0.25) is 9.84 Å². The highest BCUT2D eigenvalue weighted by Crippen LogP contribution is 2.39. The van der Waals surface area contributed by atoms with Crippen LogP contribution < -0.4 is 4.90 Å². The van der Waals surface area contributed by atoms with Crippen LogP contribution in [0.2, 0.25) is 5.02 Å². The molecule has 3 aromatic carbocycles. The highest BCUT2D eigenvalue weighted by molar-refractivity contribution is 7.91. The van der Waals surface area contributed by atoms with Gasteiger partial charge in [-0.1, -0.05) is 29.8 Å². The molecule has 1 fully saturated rings. The van der Waals surface area contributed by atoms with Crippen LogP contribution in [0.3, 0.4) is 0 Å². The third-order valence-electron chi connectivity index (χ3n) is 6.19. The van der Waals surface area contributed by atoms with Crippen LogP contribution in [0.15, 0.2) is 70.5 Å². The van der Waals surface area contributed by atoms with E-state index in [-0.39, 0.29) is 50.9 Å². The predicted molar refractivity (Wildman–Crippen MR) is 130 cm³/mol. The van der Waals surface area contributed by atoms with E-state index in [1.54, 1.807) is 6.07 Å². The minimum Gasteiger partial charge on any atom is -0.459 e. The van der Waals surface area contributed by atoms with Gasteiger partial charge in [-0.3, -0.25) is 4.79 Å². The van der Waals surface area contributed by atoms with Gasteiger partial charge in [-0.25, -0.2) is 17.6 Å². The monoisotopic (exact) mass is 529 g/mol. The van der Waals surface area contributed by atoms with Crippen molar-refractivity contribution in [3.8, 4) is 0 Å². The number of amides is 1. The number of carbonyl (C=O) groups excluding carboxylic acids is 2. The average Bonchev–Trinajstić information content (AvgIpc) is 3.38. The van der Waals surface area contributed by atoms with E-state index < -0.39 is 27.5 Å². The van der Waals surface area contributed by atoms with Gasteiger partial charge >= 0.3 is 5.97 Å². The smallest absolute Gasteiger partial charge is 0.338 e. The zero-order valence-electron chi connectivity index (χ0n) is 18.9. The van der Waals surface area contributed by atoms with Gasteiger partial charge in [0, 0.05) is 11.6 Å². The van der Waals surface area contributed by atoms with Gasteiger partial charge in [0.05, 0.1) is 39.3 Å². The second-order valence-corrected chi connectivity index (χ2v) is 10.8. The van der Waals surface area contributed by atoms with Gasteiger partial charge in [0.25, 0.3) is 5.91 Å². The van der Waals surface area contributed by atoms with Gasteiger partial charge in [-0.05, 0) is 60.9 Å². The fraction of sp³-hybridized carbons (Fsp3) is 0.231. The summed E-state index contributed by atoms with van der Waals surface area (Å²) >= 11 is 6.22. The molecule has 2 heterocycles. The molecule has 0 spiro atoms. The molecule has 186 valence electrons. The molecule has 2 aliphatic heterocycles. The molecule has 0 aromatic heterocycles. The largest absolute Gasteiger partial charge is 0.459 e. The van der Waals surface area contributed by atoms with Crippen molar-refractivity contribution >= 4 is 39.0 Å². The maximum atomic E-state index is 13.7. The molecule has 2 aliphatic rings. The molecular weight excluding hydrogens is 509 g/mol. The quantitative estimate of drug-likeness (QED) is 0.441. The standard InChI is InChI=1S/C26H21ClFNO6S/c27-21-13-18(28)9-7-17(21)14-29-22-12-16(26(31)35-15-19-4-3-11-34-19)8-10-24(22)36(32,33)23-6-2-1-5-20(23)25(29)30/h1-2,5-10,12-13,19H,3-4,11,14-15H2/t19-/m1/s1. The summed E-state index contributed by atoms with van der Waals surface area (Å²) in [6.07, 6.45) is 1.50. The maximum Gasteiger partial charge on any atom is 0.338 e. The van der Waals surface area contributed by atoms with Crippen molar-refractivity contribution in [2.24, 2.45) is 0 Å². The summed E-state index contributed by atoms with van der Waals surface area (Å²) < 4.78 is 51.6. The molecule has 1 amide bonds. The number of ether oxygens (including phenoxy) is 2. The molecule has 0 saturated carbocycles. The lowest BCUT2D eigenvalue weighted by Crippen LogP contribution is -2.30. The zero-order valence-corrected chi connectivity index (χ0v) is 20.5. The van der Waals surface area contributed by atoms with E-state index in [9.17, 15) is 22.4 Å². The Balaban J connectivity index is 1.60. The zero-order chi connectivity index (χ0) is 25.4. The van der Waals surface area contributed by atoms with Crippen LogP contribution >= 0.6 is 11.6 Å². The Hall–Kier alpha value is -3.27. The number of hydrogen-bond donors (Lipinski definition) is 0. The van der Waals surface area contributed by atoms with Crippen LogP contribution in [0.4, 0.5) is 10.1 Å². The van der Waals surface area contributed by atoms with E-state index in [0.717, 1.165) is 18.9 Å². The number of rotatable bonds is 5. The van der Waals surface area contributed by atoms with Gasteiger partial charge in [-0.15, -0.1) is 0 Å². The Morgan fingerprint density at radius 2 is 1.92 bits per heavy atom. The first kappa shape index (κ1) is 24.4. The summed E-state index contributed by atoms with van der Waals surface area (Å²) in [4.78, 5) is 27.4. The van der Waals surface area contributed by atoms with Crippen LogP contribution in [0, 0.1) is 5.82 Å². The molecule has 0 bridgehead atoms. The molecule has 7 nitrogen and oxygen atoms in total. The maximum absolute atomic E-state index is 13.7. The molecule has 10 heteroatoms. The molecule has 1 saturated heterocycles. The molecule has 0 radical (unpaired) electrons. The molecule has 0 unspecified atom stereocenters. The second-order valence-electron chi connectivity index (χ2n) is 8.54. The Bertz CT molecular complexity index is 1470. The number of anilines is 1. The van der Waals surface area contributed by atoms with Gasteiger partial charge in [-0.2, -0.15) is 0 Å². The van der Waals surface area contributed by atoms with Crippen molar-refractivity contribution in [2.75, 3.05) is 18.1 Å². The normalized spacial score (nSPS) is 18.3. The molecule has 0 N–H and O–H groups in total. The lowest BCUT2D eigenvalue weighted by Gasteiger charge is -2.24. The molecule has 0 aliphatic carbocycles. The van der Waals surface area contributed by atoms with Gasteiger partial charge in [0.15, 0.2) is 0 Å². The SMILES string of the molecule is O=C(OC[C@H]1CCCO1)c1ccc2c(c1)N(Cc1ccc(F)cc1Cl)C(=O)c1ccccc1S2(=O)=O. The number of hydrogen-bond acceptors (Lipinski definition) is 6. The topological polar surface area (TPSA) is 90.0 Å². The van der Waals surface area contributed by atoms with Crippen molar-refractivity contribution in [3.05, 3.63) is 88.2 Å². The highest BCUT2D eigenvalue weighted by Gasteiger charge is 2.36. The number of halogens is 2. The van der Waals surface area contributed by atoms with Crippen LogP contribution in [0.1, 0.15) is 39.1 Å². The van der Waals surface area contributed by atoms with E-state index in [1.165, 1.54) is 53.4 Å². The lowest BCUT2D eigenvalue weighted by atomic mass is 10.1. The minimum atomic E-state index is -4.11. The Morgan fingerprint density at radius 3 is 2.67 bits per heavy atom. The third kappa shape index (κ3) is 4.50. The number of sulfone groups is 1. The molecular formula is C26H21ClFNO6S. The van der Waals surface area contributed by atoms with Crippen molar-refractivity contribution in [1.82, 2.24) is 0 Å². The lowest BCUT2D eigenvalue weighted by molar-refractivity contribution is 0.0161. The summed E-state index contributed by atoms with van der Waals surface area (Å²) in [6.45, 7) is 0.541. The minimum absolute atomic E-state index is 0.00292. The van der Waals surface area contributed by atoms with E-state index in [2.05, 4.69) is 0 Å². The van der Waals surface area contributed by atoms with E-state index in [0.29, 0.717) is 12.2 Å². The first-order valence-electron chi connectivity index (χ1n) is 11.3.